The Kier molecular flexibility index (Phi) is 5.29. The van der Waals surface area contributed by atoms with E-state index in [1.807, 2.05) is 25.1 Å². The summed E-state index contributed by atoms with van der Waals surface area (Å²) in [5.41, 5.74) is 2.27. The lowest BCUT2D eigenvalue weighted by Gasteiger charge is -2.16. The van der Waals surface area contributed by atoms with E-state index < -0.39 is 0 Å². The Morgan fingerprint density at radius 3 is 2.75 bits per heavy atom. The lowest BCUT2D eigenvalue weighted by Crippen LogP contribution is -2.31. The molecule has 1 aromatic carbocycles. The molecule has 90 valence electrons. The number of para-hydroxylation sites is 1. The standard InChI is InChI=1S/C13H21NO2/c1-4-12(9-15)14-8-11-7-5-6-10(2)13(11)16-3/h5-7,12,14-15H,4,8-9H2,1-3H3/t12-/m1/s1. The summed E-state index contributed by atoms with van der Waals surface area (Å²) in [5, 5.41) is 12.4. The molecule has 2 N–H and O–H groups in total. The first-order chi connectivity index (χ1) is 7.72. The highest BCUT2D eigenvalue weighted by Crippen LogP contribution is 2.22. The Morgan fingerprint density at radius 1 is 1.44 bits per heavy atom. The van der Waals surface area contributed by atoms with Gasteiger partial charge in [-0.2, -0.15) is 0 Å². The van der Waals surface area contributed by atoms with Crippen molar-refractivity contribution in [1.82, 2.24) is 5.32 Å². The second-order valence-electron chi connectivity index (χ2n) is 3.94. The van der Waals surface area contributed by atoms with Crippen molar-refractivity contribution in [3.63, 3.8) is 0 Å². The number of ether oxygens (including phenoxy) is 1. The second kappa shape index (κ2) is 6.51. The van der Waals surface area contributed by atoms with Crippen LogP contribution in [0.15, 0.2) is 18.2 Å². The average Bonchev–Trinajstić information content (AvgIpc) is 2.30. The first-order valence-corrected chi connectivity index (χ1v) is 5.69. The molecule has 0 amide bonds. The average molecular weight is 223 g/mol. The number of hydrogen-bond acceptors (Lipinski definition) is 3. The predicted molar refractivity (Wildman–Crippen MR) is 65.7 cm³/mol. The van der Waals surface area contributed by atoms with Gasteiger partial charge in [0.15, 0.2) is 0 Å². The molecule has 0 unspecified atom stereocenters. The molecule has 0 saturated heterocycles. The molecule has 3 nitrogen and oxygen atoms in total. The highest BCUT2D eigenvalue weighted by molar-refractivity contribution is 5.40. The molecular weight excluding hydrogens is 202 g/mol. The van der Waals surface area contributed by atoms with Gasteiger partial charge >= 0.3 is 0 Å². The van der Waals surface area contributed by atoms with E-state index in [4.69, 9.17) is 9.84 Å². The van der Waals surface area contributed by atoms with Crippen LogP contribution in [-0.2, 0) is 6.54 Å². The van der Waals surface area contributed by atoms with E-state index in [9.17, 15) is 0 Å². The summed E-state index contributed by atoms with van der Waals surface area (Å²) < 4.78 is 5.37. The van der Waals surface area contributed by atoms with Crippen molar-refractivity contribution in [2.75, 3.05) is 13.7 Å². The quantitative estimate of drug-likeness (QED) is 0.773. The molecular formula is C13H21NO2. The van der Waals surface area contributed by atoms with Crippen molar-refractivity contribution in [3.8, 4) is 5.75 Å². The van der Waals surface area contributed by atoms with Crippen LogP contribution in [0.4, 0.5) is 0 Å². The van der Waals surface area contributed by atoms with Gasteiger partial charge in [-0.1, -0.05) is 25.1 Å². The summed E-state index contributed by atoms with van der Waals surface area (Å²) in [4.78, 5) is 0. The lowest BCUT2D eigenvalue weighted by atomic mass is 10.1. The third kappa shape index (κ3) is 3.22. The number of aliphatic hydroxyl groups is 1. The zero-order valence-electron chi connectivity index (χ0n) is 10.3. The van der Waals surface area contributed by atoms with Gasteiger partial charge in [0.05, 0.1) is 13.7 Å². The van der Waals surface area contributed by atoms with Crippen molar-refractivity contribution < 1.29 is 9.84 Å². The number of rotatable bonds is 6. The van der Waals surface area contributed by atoms with Crippen LogP contribution in [0.1, 0.15) is 24.5 Å². The predicted octanol–water partition coefficient (Wildman–Crippen LogP) is 1.86. The maximum absolute atomic E-state index is 9.09. The van der Waals surface area contributed by atoms with Crippen molar-refractivity contribution in [3.05, 3.63) is 29.3 Å². The third-order valence-electron chi connectivity index (χ3n) is 2.79. The molecule has 0 spiro atoms. The van der Waals surface area contributed by atoms with E-state index in [1.165, 1.54) is 0 Å². The fraction of sp³-hybridized carbons (Fsp3) is 0.538. The molecule has 0 fully saturated rings. The van der Waals surface area contributed by atoms with E-state index in [-0.39, 0.29) is 12.6 Å². The van der Waals surface area contributed by atoms with Gasteiger partial charge in [0.1, 0.15) is 5.75 Å². The van der Waals surface area contributed by atoms with E-state index in [2.05, 4.69) is 12.2 Å². The Hall–Kier alpha value is -1.06. The summed E-state index contributed by atoms with van der Waals surface area (Å²) in [6, 6.07) is 6.26. The number of benzene rings is 1. The van der Waals surface area contributed by atoms with Gasteiger partial charge in [-0.25, -0.2) is 0 Å². The smallest absolute Gasteiger partial charge is 0.126 e. The maximum atomic E-state index is 9.09. The highest BCUT2D eigenvalue weighted by Gasteiger charge is 2.08. The molecule has 1 aromatic rings. The fourth-order valence-electron chi connectivity index (χ4n) is 1.74. The fourth-order valence-corrected chi connectivity index (χ4v) is 1.74. The van der Waals surface area contributed by atoms with Gasteiger partial charge in [-0.05, 0) is 18.9 Å². The molecule has 0 bridgehead atoms. The van der Waals surface area contributed by atoms with Crippen LogP contribution in [0, 0.1) is 6.92 Å². The van der Waals surface area contributed by atoms with Crippen molar-refractivity contribution >= 4 is 0 Å². The molecule has 0 aliphatic rings. The van der Waals surface area contributed by atoms with E-state index in [0.29, 0.717) is 0 Å². The molecule has 0 aliphatic heterocycles. The summed E-state index contributed by atoms with van der Waals surface area (Å²) in [5.74, 6) is 0.933. The second-order valence-corrected chi connectivity index (χ2v) is 3.94. The zero-order valence-corrected chi connectivity index (χ0v) is 10.3. The molecule has 1 atom stereocenters. The minimum atomic E-state index is 0.158. The van der Waals surface area contributed by atoms with Crippen LogP contribution in [0.2, 0.25) is 0 Å². The van der Waals surface area contributed by atoms with Gasteiger partial charge in [0, 0.05) is 18.2 Å². The van der Waals surface area contributed by atoms with Gasteiger partial charge in [-0.3, -0.25) is 0 Å². The minimum absolute atomic E-state index is 0.158. The summed E-state index contributed by atoms with van der Waals surface area (Å²) >= 11 is 0. The van der Waals surface area contributed by atoms with Crippen molar-refractivity contribution in [2.24, 2.45) is 0 Å². The molecule has 0 aromatic heterocycles. The first-order valence-electron chi connectivity index (χ1n) is 5.69. The number of nitrogens with one attached hydrogen (secondary N) is 1. The molecule has 0 aliphatic carbocycles. The van der Waals surface area contributed by atoms with E-state index in [1.54, 1.807) is 7.11 Å². The van der Waals surface area contributed by atoms with Crippen LogP contribution in [0.3, 0.4) is 0 Å². The third-order valence-corrected chi connectivity index (χ3v) is 2.79. The highest BCUT2D eigenvalue weighted by atomic mass is 16.5. The van der Waals surface area contributed by atoms with Crippen molar-refractivity contribution in [2.45, 2.75) is 32.9 Å². The van der Waals surface area contributed by atoms with Gasteiger partial charge in [0.2, 0.25) is 0 Å². The lowest BCUT2D eigenvalue weighted by molar-refractivity contribution is 0.238. The van der Waals surface area contributed by atoms with Gasteiger partial charge in [0.25, 0.3) is 0 Å². The topological polar surface area (TPSA) is 41.5 Å². The minimum Gasteiger partial charge on any atom is -0.496 e. The molecule has 0 heterocycles. The van der Waals surface area contributed by atoms with E-state index in [0.717, 1.165) is 29.8 Å². The van der Waals surface area contributed by atoms with Gasteiger partial charge < -0.3 is 15.2 Å². The maximum Gasteiger partial charge on any atom is 0.126 e. The van der Waals surface area contributed by atoms with Crippen LogP contribution in [0.5, 0.6) is 5.75 Å². The molecule has 16 heavy (non-hydrogen) atoms. The number of hydrogen-bond donors (Lipinski definition) is 2. The van der Waals surface area contributed by atoms with Crippen molar-refractivity contribution in [1.29, 1.82) is 0 Å². The molecule has 0 radical (unpaired) electrons. The van der Waals surface area contributed by atoms with Crippen LogP contribution in [0.25, 0.3) is 0 Å². The number of aliphatic hydroxyl groups excluding tert-OH is 1. The Morgan fingerprint density at radius 2 is 2.19 bits per heavy atom. The summed E-state index contributed by atoms with van der Waals surface area (Å²) in [6.45, 7) is 4.99. The number of methoxy groups -OCH3 is 1. The molecule has 1 rings (SSSR count). The Labute approximate surface area is 97.4 Å². The normalized spacial score (nSPS) is 12.5. The van der Waals surface area contributed by atoms with Crippen LogP contribution in [-0.4, -0.2) is 24.9 Å². The molecule has 0 saturated carbocycles. The summed E-state index contributed by atoms with van der Waals surface area (Å²) in [7, 11) is 1.69. The monoisotopic (exact) mass is 223 g/mol. The van der Waals surface area contributed by atoms with Gasteiger partial charge in [-0.15, -0.1) is 0 Å². The van der Waals surface area contributed by atoms with Crippen LogP contribution < -0.4 is 10.1 Å². The summed E-state index contributed by atoms with van der Waals surface area (Å²) in [6.07, 6.45) is 0.921. The SMILES string of the molecule is CC[C@H](CO)NCc1cccc(C)c1OC. The Bertz CT molecular complexity index is 322. The van der Waals surface area contributed by atoms with Crippen LogP contribution >= 0.6 is 0 Å². The van der Waals surface area contributed by atoms with E-state index >= 15 is 0 Å². The largest absolute Gasteiger partial charge is 0.496 e. The first kappa shape index (κ1) is 13.0. The number of aryl methyl sites for hydroxylation is 1. The zero-order chi connectivity index (χ0) is 12.0. The Balaban J connectivity index is 2.69. The molecule has 3 heteroatoms.